The van der Waals surface area contributed by atoms with Gasteiger partial charge >= 0.3 is 0 Å². The third-order valence-corrected chi connectivity index (χ3v) is 3.56. The molecule has 0 saturated heterocycles. The summed E-state index contributed by atoms with van der Waals surface area (Å²) in [5.74, 6) is 0.225. The molecule has 2 aromatic carbocycles. The highest BCUT2D eigenvalue weighted by atomic mass is 16.3. The van der Waals surface area contributed by atoms with Crippen LogP contribution >= 0.6 is 0 Å². The zero-order valence-corrected chi connectivity index (χ0v) is 10.0. The third-order valence-electron chi connectivity index (χ3n) is 3.56. The number of benzene rings is 2. The van der Waals surface area contributed by atoms with Gasteiger partial charge in [-0.2, -0.15) is 0 Å². The first-order valence-corrected chi connectivity index (χ1v) is 6.26. The van der Waals surface area contributed by atoms with E-state index in [1.807, 2.05) is 12.1 Å². The molecule has 1 aliphatic rings. The predicted molar refractivity (Wildman–Crippen MR) is 70.7 cm³/mol. The number of phenolic OH excluding ortho intramolecular Hbond substituents is 1. The number of carbonyl (C=O) groups is 1. The van der Waals surface area contributed by atoms with E-state index in [1.165, 1.54) is 6.42 Å². The second-order valence-electron chi connectivity index (χ2n) is 4.81. The van der Waals surface area contributed by atoms with Gasteiger partial charge in [-0.05, 0) is 48.9 Å². The summed E-state index contributed by atoms with van der Waals surface area (Å²) in [6.07, 6.45) is 3.37. The van der Waals surface area contributed by atoms with Crippen molar-refractivity contribution in [3.63, 3.8) is 0 Å². The van der Waals surface area contributed by atoms with E-state index in [-0.39, 0.29) is 11.7 Å². The molecule has 0 heterocycles. The van der Waals surface area contributed by atoms with Crippen molar-refractivity contribution in [2.24, 2.45) is 0 Å². The zero-order chi connectivity index (χ0) is 12.5. The van der Waals surface area contributed by atoms with Crippen LogP contribution in [0.1, 0.15) is 29.6 Å². The van der Waals surface area contributed by atoms with Gasteiger partial charge in [0, 0.05) is 17.0 Å². The van der Waals surface area contributed by atoms with Crippen LogP contribution in [0.2, 0.25) is 0 Å². The van der Waals surface area contributed by atoms with Gasteiger partial charge in [-0.3, -0.25) is 4.79 Å². The lowest BCUT2D eigenvalue weighted by Gasteiger charge is -2.26. The highest BCUT2D eigenvalue weighted by Crippen LogP contribution is 2.25. The van der Waals surface area contributed by atoms with Gasteiger partial charge in [0.2, 0.25) is 0 Å². The second-order valence-corrected chi connectivity index (χ2v) is 4.81. The molecule has 3 rings (SSSR count). The number of carbonyl (C=O) groups excluding carboxylic acids is 1. The van der Waals surface area contributed by atoms with E-state index >= 15 is 0 Å². The molecule has 0 unspecified atom stereocenters. The van der Waals surface area contributed by atoms with Crippen LogP contribution in [0.15, 0.2) is 36.4 Å². The van der Waals surface area contributed by atoms with Crippen LogP contribution in [0.25, 0.3) is 10.8 Å². The van der Waals surface area contributed by atoms with Crippen LogP contribution in [-0.2, 0) is 0 Å². The second kappa shape index (κ2) is 4.33. The minimum atomic E-state index is -0.0232. The van der Waals surface area contributed by atoms with Crippen molar-refractivity contribution in [2.45, 2.75) is 25.3 Å². The van der Waals surface area contributed by atoms with Crippen molar-refractivity contribution in [3.05, 3.63) is 42.0 Å². The van der Waals surface area contributed by atoms with Crippen LogP contribution in [0.4, 0.5) is 0 Å². The van der Waals surface area contributed by atoms with Crippen molar-refractivity contribution < 1.29 is 9.90 Å². The summed E-state index contributed by atoms with van der Waals surface area (Å²) in [4.78, 5) is 12.0. The SMILES string of the molecule is O=C(NC1CCC1)c1ccc2c(O)cccc2c1. The standard InChI is InChI=1S/C15H15NO2/c17-14-6-1-3-10-9-11(7-8-13(10)14)15(18)16-12-4-2-5-12/h1,3,6-9,12,17H,2,4-5H2,(H,16,18). The Kier molecular flexibility index (Phi) is 2.67. The van der Waals surface area contributed by atoms with Crippen LogP contribution < -0.4 is 5.32 Å². The molecule has 18 heavy (non-hydrogen) atoms. The van der Waals surface area contributed by atoms with Crippen molar-refractivity contribution >= 4 is 16.7 Å². The Labute approximate surface area is 105 Å². The van der Waals surface area contributed by atoms with Crippen LogP contribution in [0.5, 0.6) is 5.75 Å². The fourth-order valence-electron chi connectivity index (χ4n) is 2.23. The fourth-order valence-corrected chi connectivity index (χ4v) is 2.23. The van der Waals surface area contributed by atoms with E-state index in [0.717, 1.165) is 23.6 Å². The average molecular weight is 241 g/mol. The average Bonchev–Trinajstić information content (AvgIpc) is 2.33. The van der Waals surface area contributed by atoms with Gasteiger partial charge < -0.3 is 10.4 Å². The lowest BCUT2D eigenvalue weighted by molar-refractivity contribution is 0.0917. The van der Waals surface area contributed by atoms with Crippen LogP contribution in [0.3, 0.4) is 0 Å². The molecule has 3 heteroatoms. The monoisotopic (exact) mass is 241 g/mol. The van der Waals surface area contributed by atoms with E-state index in [4.69, 9.17) is 0 Å². The predicted octanol–water partition coefficient (Wildman–Crippen LogP) is 2.83. The summed E-state index contributed by atoms with van der Waals surface area (Å²) >= 11 is 0. The molecule has 1 fully saturated rings. The molecule has 2 N–H and O–H groups in total. The van der Waals surface area contributed by atoms with Gasteiger partial charge in [0.05, 0.1) is 0 Å². The Balaban J connectivity index is 1.90. The van der Waals surface area contributed by atoms with Crippen molar-refractivity contribution in [1.29, 1.82) is 0 Å². The van der Waals surface area contributed by atoms with E-state index < -0.39 is 0 Å². The van der Waals surface area contributed by atoms with Gasteiger partial charge in [0.15, 0.2) is 0 Å². The molecule has 0 aliphatic heterocycles. The van der Waals surface area contributed by atoms with Crippen molar-refractivity contribution in [2.75, 3.05) is 0 Å². The first kappa shape index (κ1) is 11.1. The summed E-state index contributed by atoms with van der Waals surface area (Å²) in [5, 5.41) is 14.4. The maximum Gasteiger partial charge on any atom is 0.251 e. The Bertz CT molecular complexity index is 602. The smallest absolute Gasteiger partial charge is 0.251 e. The number of aromatic hydroxyl groups is 1. The van der Waals surface area contributed by atoms with Gasteiger partial charge in [0.1, 0.15) is 5.75 Å². The first-order chi connectivity index (χ1) is 8.74. The molecular formula is C15H15NO2. The topological polar surface area (TPSA) is 49.3 Å². The van der Waals surface area contributed by atoms with Crippen LogP contribution in [0, 0.1) is 0 Å². The van der Waals surface area contributed by atoms with Gasteiger partial charge in [-0.15, -0.1) is 0 Å². The highest BCUT2D eigenvalue weighted by Gasteiger charge is 2.20. The largest absolute Gasteiger partial charge is 0.507 e. The number of nitrogens with one attached hydrogen (secondary N) is 1. The third kappa shape index (κ3) is 1.92. The summed E-state index contributed by atoms with van der Waals surface area (Å²) in [7, 11) is 0. The van der Waals surface area contributed by atoms with Crippen molar-refractivity contribution in [3.8, 4) is 5.75 Å². The lowest BCUT2D eigenvalue weighted by Crippen LogP contribution is -2.39. The molecule has 0 spiro atoms. The zero-order valence-electron chi connectivity index (χ0n) is 10.0. The molecule has 1 saturated carbocycles. The Hall–Kier alpha value is -2.03. The molecule has 3 nitrogen and oxygen atoms in total. The molecule has 0 radical (unpaired) electrons. The minimum absolute atomic E-state index is 0.0232. The first-order valence-electron chi connectivity index (χ1n) is 6.26. The molecule has 92 valence electrons. The molecule has 0 atom stereocenters. The Morgan fingerprint density at radius 2 is 2.06 bits per heavy atom. The lowest BCUT2D eigenvalue weighted by atomic mass is 9.93. The Morgan fingerprint density at radius 3 is 2.78 bits per heavy atom. The fraction of sp³-hybridized carbons (Fsp3) is 0.267. The number of fused-ring (bicyclic) bond motifs is 1. The number of rotatable bonds is 2. The normalized spacial score (nSPS) is 15.3. The molecule has 0 aromatic heterocycles. The Morgan fingerprint density at radius 1 is 1.22 bits per heavy atom. The van der Waals surface area contributed by atoms with Gasteiger partial charge in [-0.1, -0.05) is 12.1 Å². The number of hydrogen-bond donors (Lipinski definition) is 2. The molecule has 1 aliphatic carbocycles. The number of phenols is 1. The quantitative estimate of drug-likeness (QED) is 0.849. The summed E-state index contributed by atoms with van der Waals surface area (Å²) < 4.78 is 0. The molecule has 2 aromatic rings. The summed E-state index contributed by atoms with van der Waals surface area (Å²) in [6, 6.07) is 11.0. The maximum absolute atomic E-state index is 12.0. The number of amides is 1. The highest BCUT2D eigenvalue weighted by molar-refractivity contribution is 5.99. The van der Waals surface area contributed by atoms with E-state index in [2.05, 4.69) is 5.32 Å². The summed E-state index contributed by atoms with van der Waals surface area (Å²) in [6.45, 7) is 0. The van der Waals surface area contributed by atoms with E-state index in [9.17, 15) is 9.90 Å². The number of hydrogen-bond acceptors (Lipinski definition) is 2. The van der Waals surface area contributed by atoms with E-state index in [1.54, 1.807) is 24.3 Å². The summed E-state index contributed by atoms with van der Waals surface area (Å²) in [5.41, 5.74) is 0.653. The van der Waals surface area contributed by atoms with Crippen LogP contribution in [-0.4, -0.2) is 17.1 Å². The maximum atomic E-state index is 12.0. The molecule has 1 amide bonds. The van der Waals surface area contributed by atoms with Gasteiger partial charge in [-0.25, -0.2) is 0 Å². The van der Waals surface area contributed by atoms with E-state index in [0.29, 0.717) is 11.6 Å². The van der Waals surface area contributed by atoms with Gasteiger partial charge in [0.25, 0.3) is 5.91 Å². The minimum Gasteiger partial charge on any atom is -0.507 e. The van der Waals surface area contributed by atoms with Crippen molar-refractivity contribution in [1.82, 2.24) is 5.32 Å². The molecule has 0 bridgehead atoms. The molecular weight excluding hydrogens is 226 g/mol.